The van der Waals surface area contributed by atoms with Crippen LogP contribution < -0.4 is 0 Å². The molecule has 5 heteroatoms. The van der Waals surface area contributed by atoms with Crippen molar-refractivity contribution in [3.8, 4) is 0 Å². The van der Waals surface area contributed by atoms with Gasteiger partial charge in [-0.05, 0) is 30.2 Å². The van der Waals surface area contributed by atoms with Gasteiger partial charge < -0.3 is 5.11 Å². The quantitative estimate of drug-likeness (QED) is 0.772. The summed E-state index contributed by atoms with van der Waals surface area (Å²) in [6.07, 6.45) is 5.47. The summed E-state index contributed by atoms with van der Waals surface area (Å²) in [6.45, 7) is 1.70. The van der Waals surface area contributed by atoms with E-state index in [-0.39, 0.29) is 0 Å². The molecule has 0 amide bonds. The minimum atomic E-state index is -0.577. The van der Waals surface area contributed by atoms with Crippen LogP contribution in [-0.2, 0) is 0 Å². The molecule has 5 nitrogen and oxygen atoms in total. The smallest absolute Gasteiger partial charge is 0.179 e. The molecule has 0 aliphatic heterocycles. The van der Waals surface area contributed by atoms with E-state index in [9.17, 15) is 5.11 Å². The molecule has 78 valence electrons. The molecule has 1 aliphatic carbocycles. The summed E-state index contributed by atoms with van der Waals surface area (Å²) in [5.41, 5.74) is 0. The summed E-state index contributed by atoms with van der Waals surface area (Å²) in [4.78, 5) is 0. The van der Waals surface area contributed by atoms with Crippen molar-refractivity contribution in [2.45, 2.75) is 51.2 Å². The first-order valence-corrected chi connectivity index (χ1v) is 5.25. The number of rotatable bonds is 2. The lowest BCUT2D eigenvalue weighted by Crippen LogP contribution is -2.18. The number of aliphatic hydroxyl groups is 1. The Hall–Kier alpha value is -0.970. The average Bonchev–Trinajstić information content (AvgIpc) is 2.67. The van der Waals surface area contributed by atoms with Crippen LogP contribution in [0.4, 0.5) is 0 Å². The molecule has 1 aromatic rings. The Morgan fingerprint density at radius 1 is 1.36 bits per heavy atom. The highest BCUT2D eigenvalue weighted by atomic mass is 16.3. The summed E-state index contributed by atoms with van der Waals surface area (Å²) >= 11 is 0. The highest BCUT2D eigenvalue weighted by Gasteiger charge is 2.21. The van der Waals surface area contributed by atoms with Gasteiger partial charge in [-0.1, -0.05) is 19.3 Å². The molecule has 0 saturated heterocycles. The first-order valence-electron chi connectivity index (χ1n) is 5.25. The third-order valence-corrected chi connectivity index (χ3v) is 2.81. The Balaban J connectivity index is 2.17. The number of nitrogens with zero attached hydrogens (tertiary/aromatic N) is 4. The van der Waals surface area contributed by atoms with Gasteiger partial charge in [0.2, 0.25) is 0 Å². The molecule has 1 atom stereocenters. The van der Waals surface area contributed by atoms with E-state index in [1.807, 2.05) is 0 Å². The summed E-state index contributed by atoms with van der Waals surface area (Å²) in [5, 5.41) is 20.9. The van der Waals surface area contributed by atoms with Crippen LogP contribution >= 0.6 is 0 Å². The fourth-order valence-corrected chi connectivity index (χ4v) is 2.06. The van der Waals surface area contributed by atoms with Crippen molar-refractivity contribution in [3.05, 3.63) is 5.82 Å². The van der Waals surface area contributed by atoms with Gasteiger partial charge in [0.1, 0.15) is 6.10 Å². The molecular weight excluding hydrogens is 180 g/mol. The lowest BCUT2D eigenvalue weighted by Gasteiger charge is -2.22. The lowest BCUT2D eigenvalue weighted by molar-refractivity contribution is 0.173. The maximum atomic E-state index is 9.46. The number of aromatic nitrogens is 4. The van der Waals surface area contributed by atoms with Crippen molar-refractivity contribution in [3.63, 3.8) is 0 Å². The van der Waals surface area contributed by atoms with Crippen molar-refractivity contribution in [2.75, 3.05) is 0 Å². The zero-order valence-corrected chi connectivity index (χ0v) is 8.43. The van der Waals surface area contributed by atoms with Crippen LogP contribution in [0.5, 0.6) is 0 Å². The maximum Gasteiger partial charge on any atom is 0.179 e. The zero-order valence-electron chi connectivity index (χ0n) is 8.43. The highest BCUT2D eigenvalue weighted by Crippen LogP contribution is 2.28. The first-order chi connectivity index (χ1) is 6.79. The van der Waals surface area contributed by atoms with Gasteiger partial charge in [-0.2, -0.15) is 0 Å². The number of hydrogen-bond acceptors (Lipinski definition) is 4. The molecule has 1 aromatic heterocycles. The third kappa shape index (κ3) is 1.77. The minimum Gasteiger partial charge on any atom is -0.385 e. The van der Waals surface area contributed by atoms with Crippen molar-refractivity contribution in [2.24, 2.45) is 0 Å². The van der Waals surface area contributed by atoms with E-state index >= 15 is 0 Å². The predicted molar refractivity (Wildman–Crippen MR) is 50.6 cm³/mol. The van der Waals surface area contributed by atoms with Gasteiger partial charge >= 0.3 is 0 Å². The molecular formula is C9H16N4O. The van der Waals surface area contributed by atoms with Gasteiger partial charge in [-0.25, -0.2) is 4.68 Å². The van der Waals surface area contributed by atoms with E-state index in [0.717, 1.165) is 12.8 Å². The molecule has 0 spiro atoms. The summed E-state index contributed by atoms with van der Waals surface area (Å²) in [5.74, 6) is 0.594. The minimum absolute atomic E-state index is 0.392. The van der Waals surface area contributed by atoms with Crippen LogP contribution in [0.3, 0.4) is 0 Å². The average molecular weight is 196 g/mol. The molecule has 0 bridgehead atoms. The molecule has 1 N–H and O–H groups in total. The van der Waals surface area contributed by atoms with Crippen LogP contribution in [0, 0.1) is 0 Å². The molecule has 1 saturated carbocycles. The molecule has 2 rings (SSSR count). The second kappa shape index (κ2) is 4.04. The Bertz CT molecular complexity index is 291. The summed E-state index contributed by atoms with van der Waals surface area (Å²) in [7, 11) is 0. The summed E-state index contributed by atoms with van der Waals surface area (Å²) < 4.78 is 1.80. The van der Waals surface area contributed by atoms with Crippen molar-refractivity contribution in [1.82, 2.24) is 20.2 Å². The maximum absolute atomic E-state index is 9.46. The van der Waals surface area contributed by atoms with Gasteiger partial charge in [-0.3, -0.25) is 0 Å². The van der Waals surface area contributed by atoms with Crippen LogP contribution in [0.25, 0.3) is 0 Å². The molecule has 0 radical (unpaired) electrons. The monoisotopic (exact) mass is 196 g/mol. The van der Waals surface area contributed by atoms with Crippen molar-refractivity contribution in [1.29, 1.82) is 0 Å². The molecule has 1 fully saturated rings. The normalized spacial score (nSPS) is 21.0. The number of hydrogen-bond donors (Lipinski definition) is 1. The van der Waals surface area contributed by atoms with E-state index in [0.29, 0.717) is 11.9 Å². The van der Waals surface area contributed by atoms with Gasteiger partial charge in [0.05, 0.1) is 6.04 Å². The van der Waals surface area contributed by atoms with Crippen LogP contribution in [0.2, 0.25) is 0 Å². The Kier molecular flexibility index (Phi) is 2.77. The SMILES string of the molecule is CC(O)c1nnnn1C1CCCCC1. The van der Waals surface area contributed by atoms with Gasteiger partial charge in [-0.15, -0.1) is 5.10 Å². The zero-order chi connectivity index (χ0) is 9.97. The van der Waals surface area contributed by atoms with Crippen LogP contribution in [0.1, 0.15) is 57.0 Å². The molecule has 1 heterocycles. The van der Waals surface area contributed by atoms with Crippen LogP contribution in [-0.4, -0.2) is 25.3 Å². The van der Waals surface area contributed by atoms with Gasteiger partial charge in [0.25, 0.3) is 0 Å². The Morgan fingerprint density at radius 3 is 2.71 bits per heavy atom. The Morgan fingerprint density at radius 2 is 2.07 bits per heavy atom. The summed E-state index contributed by atoms with van der Waals surface area (Å²) in [6, 6.07) is 0.392. The Labute approximate surface area is 83.1 Å². The van der Waals surface area contributed by atoms with E-state index in [1.54, 1.807) is 11.6 Å². The highest BCUT2D eigenvalue weighted by molar-refractivity contribution is 4.88. The molecule has 1 unspecified atom stereocenters. The van der Waals surface area contributed by atoms with Gasteiger partial charge in [0, 0.05) is 0 Å². The van der Waals surface area contributed by atoms with E-state index in [4.69, 9.17) is 0 Å². The molecule has 0 aromatic carbocycles. The molecule has 14 heavy (non-hydrogen) atoms. The fraction of sp³-hybridized carbons (Fsp3) is 0.889. The lowest BCUT2D eigenvalue weighted by atomic mass is 9.95. The standard InChI is InChI=1S/C9H16N4O/c1-7(14)9-10-11-12-13(9)8-5-3-2-4-6-8/h7-8,14H,2-6H2,1H3. The van der Waals surface area contributed by atoms with E-state index in [2.05, 4.69) is 15.5 Å². The number of aliphatic hydroxyl groups excluding tert-OH is 1. The largest absolute Gasteiger partial charge is 0.385 e. The van der Waals surface area contributed by atoms with E-state index < -0.39 is 6.10 Å². The van der Waals surface area contributed by atoms with Crippen molar-refractivity contribution >= 4 is 0 Å². The molecule has 1 aliphatic rings. The van der Waals surface area contributed by atoms with Crippen molar-refractivity contribution < 1.29 is 5.11 Å². The topological polar surface area (TPSA) is 63.8 Å². The fourth-order valence-electron chi connectivity index (χ4n) is 2.06. The van der Waals surface area contributed by atoms with E-state index in [1.165, 1.54) is 19.3 Å². The van der Waals surface area contributed by atoms with Crippen LogP contribution in [0.15, 0.2) is 0 Å². The second-order valence-electron chi connectivity index (χ2n) is 3.95. The van der Waals surface area contributed by atoms with Gasteiger partial charge in [0.15, 0.2) is 5.82 Å². The second-order valence-corrected chi connectivity index (χ2v) is 3.95. The predicted octanol–water partition coefficient (Wildman–Crippen LogP) is 1.23. The number of tetrazole rings is 1. The third-order valence-electron chi connectivity index (χ3n) is 2.81. The first kappa shape index (κ1) is 9.58.